The maximum atomic E-state index is 12.7. The van der Waals surface area contributed by atoms with Crippen LogP contribution in [0.4, 0.5) is 0 Å². The van der Waals surface area contributed by atoms with Gasteiger partial charge in [-0.15, -0.1) is 0 Å². The molecular weight excluding hydrogens is 753 g/mol. The third kappa shape index (κ3) is 6.41. The van der Waals surface area contributed by atoms with Crippen LogP contribution in [0, 0.1) is 34.4 Å². The lowest BCUT2D eigenvalue weighted by molar-refractivity contribution is -0.145. The van der Waals surface area contributed by atoms with E-state index in [2.05, 4.69) is 67.8 Å². The van der Waals surface area contributed by atoms with Crippen LogP contribution in [0.5, 0.6) is 0 Å². The van der Waals surface area contributed by atoms with Gasteiger partial charge in [-0.3, -0.25) is 9.35 Å². The minimum Gasteiger partial charge on any atom is -0.464 e. The summed E-state index contributed by atoms with van der Waals surface area (Å²) in [4.78, 5) is 24.9. The van der Waals surface area contributed by atoms with Gasteiger partial charge in [0.2, 0.25) is 0 Å². The maximum absolute atomic E-state index is 12.7. The number of benzene rings is 1. The predicted molar refractivity (Wildman–Crippen MR) is 135 cm³/mol. The number of hydrogen-bond donors (Lipinski definition) is 1. The number of carbonyl (C=O) groups is 2. The Hall–Kier alpha value is 0.260. The van der Waals surface area contributed by atoms with Crippen molar-refractivity contribution in [2.45, 2.75) is 25.7 Å². The summed E-state index contributed by atoms with van der Waals surface area (Å²) >= 11 is 6.52. The summed E-state index contributed by atoms with van der Waals surface area (Å²) in [5.41, 5.74) is 0.552. The van der Waals surface area contributed by atoms with Crippen molar-refractivity contribution in [1.82, 2.24) is 0 Å². The molecule has 30 heavy (non-hydrogen) atoms. The molecule has 2 bridgehead atoms. The van der Waals surface area contributed by atoms with Gasteiger partial charge in [0.15, 0.2) is 0 Å². The molecule has 4 unspecified atom stereocenters. The molecule has 7 nitrogen and oxygen atoms in total. The first kappa shape index (κ1) is 24.9. The van der Waals surface area contributed by atoms with Crippen LogP contribution in [0.1, 0.15) is 36.0 Å². The number of hydrogen-bond acceptors (Lipinski definition) is 6. The van der Waals surface area contributed by atoms with Crippen LogP contribution >= 0.6 is 67.8 Å². The Morgan fingerprint density at radius 1 is 1.07 bits per heavy atom. The zero-order chi connectivity index (χ0) is 22.1. The number of halogens is 3. The van der Waals surface area contributed by atoms with Crippen molar-refractivity contribution in [2.24, 2.45) is 23.7 Å². The van der Waals surface area contributed by atoms with Crippen LogP contribution in [-0.2, 0) is 24.4 Å². The average molecular weight is 774 g/mol. The Morgan fingerprint density at radius 2 is 1.73 bits per heavy atom. The summed E-state index contributed by atoms with van der Waals surface area (Å²) in [6, 6.07) is 3.82. The fourth-order valence-corrected chi connectivity index (χ4v) is 7.24. The smallest absolute Gasteiger partial charge is 0.339 e. The third-order valence-corrected chi connectivity index (χ3v) is 10.3. The van der Waals surface area contributed by atoms with Crippen molar-refractivity contribution >= 4 is 89.8 Å². The van der Waals surface area contributed by atoms with E-state index in [1.807, 2.05) is 12.1 Å². The van der Waals surface area contributed by atoms with Gasteiger partial charge in [-0.25, -0.2) is 4.79 Å². The molecule has 2 fully saturated rings. The highest BCUT2D eigenvalue weighted by molar-refractivity contribution is 14.1. The second-order valence-electron chi connectivity index (χ2n) is 7.72. The molecule has 0 aliphatic heterocycles. The third-order valence-electron chi connectivity index (χ3n) is 5.90. The molecule has 0 saturated heterocycles. The predicted octanol–water partition coefficient (Wildman–Crippen LogP) is 4.14. The molecule has 0 heterocycles. The Labute approximate surface area is 216 Å². The van der Waals surface area contributed by atoms with Gasteiger partial charge in [-0.2, -0.15) is 8.42 Å². The van der Waals surface area contributed by atoms with E-state index in [0.717, 1.165) is 30.0 Å². The zero-order valence-electron chi connectivity index (χ0n) is 15.9. The molecule has 1 aromatic carbocycles. The van der Waals surface area contributed by atoms with Gasteiger partial charge in [0, 0.05) is 17.1 Å². The first-order valence-corrected chi connectivity index (χ1v) is 14.3. The van der Waals surface area contributed by atoms with Crippen LogP contribution in [0.25, 0.3) is 0 Å². The Kier molecular flexibility index (Phi) is 8.68. The van der Waals surface area contributed by atoms with Crippen LogP contribution in [0.3, 0.4) is 0 Å². The molecular formula is C19H21I3O7S. The largest absolute Gasteiger partial charge is 0.464 e. The summed E-state index contributed by atoms with van der Waals surface area (Å²) < 4.78 is 43.8. The molecule has 4 atom stereocenters. The summed E-state index contributed by atoms with van der Waals surface area (Å²) in [5.74, 6) is -0.460. The van der Waals surface area contributed by atoms with Gasteiger partial charge in [0.1, 0.15) is 12.4 Å². The maximum Gasteiger partial charge on any atom is 0.339 e. The molecule has 1 aromatic rings. The second-order valence-corrected chi connectivity index (χ2v) is 12.8. The molecule has 2 aliphatic carbocycles. The fraction of sp³-hybridized carbons (Fsp3) is 0.579. The number of rotatable bonds is 8. The quantitative estimate of drug-likeness (QED) is 0.183. The Morgan fingerprint density at radius 3 is 2.40 bits per heavy atom. The van der Waals surface area contributed by atoms with Gasteiger partial charge in [0.25, 0.3) is 10.1 Å². The molecule has 0 amide bonds. The van der Waals surface area contributed by atoms with Gasteiger partial charge < -0.3 is 9.47 Å². The van der Waals surface area contributed by atoms with Crippen molar-refractivity contribution in [3.63, 3.8) is 0 Å². The minimum atomic E-state index is -4.16. The Balaban J connectivity index is 1.59. The molecule has 3 rings (SSSR count). The summed E-state index contributed by atoms with van der Waals surface area (Å²) in [6.45, 7) is -0.0943. The number of ether oxygens (including phenoxy) is 2. The average Bonchev–Trinajstić information content (AvgIpc) is 3.23. The molecule has 0 aromatic heterocycles. The molecule has 166 valence electrons. The van der Waals surface area contributed by atoms with E-state index in [1.54, 1.807) is 0 Å². The first-order chi connectivity index (χ1) is 14.0. The lowest BCUT2D eigenvalue weighted by atomic mass is 9.78. The highest BCUT2D eigenvalue weighted by Gasteiger charge is 2.48. The van der Waals surface area contributed by atoms with E-state index in [1.165, 1.54) is 0 Å². The lowest BCUT2D eigenvalue weighted by Crippen LogP contribution is -2.30. The fourth-order valence-electron chi connectivity index (χ4n) is 4.57. The van der Waals surface area contributed by atoms with Crippen molar-refractivity contribution < 1.29 is 32.0 Å². The summed E-state index contributed by atoms with van der Waals surface area (Å²) in [6.07, 6.45) is 3.31. The van der Waals surface area contributed by atoms with Crippen LogP contribution in [0.2, 0.25) is 0 Å². The standard InChI is InChI=1S/C19H21I3O7S/c20-12-6-14(18(22)16(21)7-12)19(24)29-9-15-11-2-1-10(5-11)13(15)8-17(23)28-3-4-30(25,26)27/h6-7,10-11,13,15H,1-5,8-9H2,(H,25,26,27). The van der Waals surface area contributed by atoms with E-state index in [-0.39, 0.29) is 37.4 Å². The SMILES string of the molecule is O=C(CC1C2CCC(C2)C1COC(=O)c1cc(I)cc(I)c1I)OCCS(=O)(=O)O. The lowest BCUT2D eigenvalue weighted by Gasteiger charge is -2.30. The van der Waals surface area contributed by atoms with Crippen molar-refractivity contribution in [3.05, 3.63) is 28.4 Å². The zero-order valence-corrected chi connectivity index (χ0v) is 23.1. The van der Waals surface area contributed by atoms with E-state index in [0.29, 0.717) is 17.4 Å². The highest BCUT2D eigenvalue weighted by Crippen LogP contribution is 2.53. The van der Waals surface area contributed by atoms with E-state index >= 15 is 0 Å². The molecule has 0 radical (unpaired) electrons. The topological polar surface area (TPSA) is 107 Å². The summed E-state index contributed by atoms with van der Waals surface area (Å²) in [7, 11) is -4.16. The van der Waals surface area contributed by atoms with E-state index in [9.17, 15) is 18.0 Å². The molecule has 1 N–H and O–H groups in total. The first-order valence-electron chi connectivity index (χ1n) is 9.47. The van der Waals surface area contributed by atoms with Crippen molar-refractivity contribution in [3.8, 4) is 0 Å². The van der Waals surface area contributed by atoms with Crippen molar-refractivity contribution in [2.75, 3.05) is 19.0 Å². The highest BCUT2D eigenvalue weighted by atomic mass is 127. The Bertz CT molecular complexity index is 934. The van der Waals surface area contributed by atoms with E-state index in [4.69, 9.17) is 14.0 Å². The molecule has 11 heteroatoms. The molecule has 0 spiro atoms. The summed E-state index contributed by atoms with van der Waals surface area (Å²) in [5, 5.41) is 0. The monoisotopic (exact) mass is 774 g/mol. The number of carbonyl (C=O) groups excluding carboxylic acids is 2. The van der Waals surface area contributed by atoms with Gasteiger partial charge in [0.05, 0.1) is 12.2 Å². The normalized spacial score (nSPS) is 25.3. The second kappa shape index (κ2) is 10.5. The van der Waals surface area contributed by atoms with Crippen molar-refractivity contribution in [1.29, 1.82) is 0 Å². The van der Waals surface area contributed by atoms with Crippen LogP contribution in [0.15, 0.2) is 12.1 Å². The van der Waals surface area contributed by atoms with Gasteiger partial charge in [-0.05, 0) is 123 Å². The van der Waals surface area contributed by atoms with Gasteiger partial charge in [-0.1, -0.05) is 0 Å². The van der Waals surface area contributed by atoms with Gasteiger partial charge >= 0.3 is 11.9 Å². The minimum absolute atomic E-state index is 0.0601. The van der Waals surface area contributed by atoms with Crippen LogP contribution in [-0.4, -0.2) is 43.9 Å². The van der Waals surface area contributed by atoms with Crippen LogP contribution < -0.4 is 0 Å². The van der Waals surface area contributed by atoms with E-state index < -0.39 is 21.8 Å². The number of esters is 2. The number of fused-ring (bicyclic) bond motifs is 2. The molecule has 2 saturated carbocycles. The molecule has 2 aliphatic rings.